The first-order valence-corrected chi connectivity index (χ1v) is 9.16. The monoisotopic (exact) mass is 327 g/mol. The molecule has 0 heterocycles. The number of hydrogen-bond donors (Lipinski definition) is 2. The number of primary amides is 1. The summed E-state index contributed by atoms with van der Waals surface area (Å²) < 4.78 is 0. The molecular formula is C20H29N3O. The molecule has 1 aliphatic carbocycles. The molecule has 130 valence electrons. The third-order valence-corrected chi connectivity index (χ3v) is 5.20. The number of unbranched alkanes of at least 4 members (excludes halogenated alkanes) is 1. The lowest BCUT2D eigenvalue weighted by Crippen LogP contribution is -2.37. The highest BCUT2D eigenvalue weighted by atomic mass is 16.1. The minimum atomic E-state index is -0.476. The second-order valence-electron chi connectivity index (χ2n) is 7.01. The number of amides is 1. The van der Waals surface area contributed by atoms with Crippen LogP contribution in [0.1, 0.15) is 69.0 Å². The van der Waals surface area contributed by atoms with Crippen LogP contribution >= 0.6 is 0 Å². The molecule has 0 aromatic heterocycles. The average molecular weight is 327 g/mol. The Hall–Kier alpha value is -1.86. The van der Waals surface area contributed by atoms with Crippen molar-refractivity contribution in [1.82, 2.24) is 5.32 Å². The van der Waals surface area contributed by atoms with Crippen molar-refractivity contribution in [3.8, 4) is 6.07 Å². The van der Waals surface area contributed by atoms with Gasteiger partial charge in [-0.3, -0.25) is 4.79 Å². The van der Waals surface area contributed by atoms with Crippen molar-refractivity contribution < 1.29 is 4.79 Å². The molecule has 1 atom stereocenters. The van der Waals surface area contributed by atoms with E-state index in [1.807, 2.05) is 12.1 Å². The Labute approximate surface area is 145 Å². The fourth-order valence-electron chi connectivity index (χ4n) is 3.63. The lowest BCUT2D eigenvalue weighted by Gasteiger charge is -2.29. The van der Waals surface area contributed by atoms with Gasteiger partial charge in [0.2, 0.25) is 5.91 Å². The van der Waals surface area contributed by atoms with Crippen molar-refractivity contribution in [3.05, 3.63) is 35.4 Å². The van der Waals surface area contributed by atoms with Gasteiger partial charge in [0.1, 0.15) is 6.04 Å². The number of nitrogens with two attached hydrogens (primary N) is 1. The van der Waals surface area contributed by atoms with Gasteiger partial charge >= 0.3 is 0 Å². The molecule has 2 rings (SSSR count). The molecular weight excluding hydrogens is 298 g/mol. The summed E-state index contributed by atoms with van der Waals surface area (Å²) in [6, 6.07) is 8.68. The van der Waals surface area contributed by atoms with Gasteiger partial charge in [0.05, 0.1) is 11.6 Å². The molecule has 0 bridgehead atoms. The van der Waals surface area contributed by atoms with Crippen LogP contribution in [0.15, 0.2) is 24.3 Å². The lowest BCUT2D eigenvalue weighted by molar-refractivity contribution is -0.120. The number of nitrogens with zero attached hydrogens (tertiary/aromatic N) is 1. The lowest BCUT2D eigenvalue weighted by atomic mass is 9.79. The maximum atomic E-state index is 11.8. The van der Waals surface area contributed by atoms with Gasteiger partial charge in [-0.25, -0.2) is 0 Å². The Kier molecular flexibility index (Phi) is 7.27. The van der Waals surface area contributed by atoms with E-state index >= 15 is 0 Å². The maximum Gasteiger partial charge on any atom is 0.239 e. The van der Waals surface area contributed by atoms with Gasteiger partial charge in [0, 0.05) is 0 Å². The summed E-state index contributed by atoms with van der Waals surface area (Å²) in [5, 5.41) is 12.2. The number of rotatable bonds is 8. The first-order valence-electron chi connectivity index (χ1n) is 9.16. The SMILES string of the molecule is CCCCC1CCC(CNC(C(N)=O)c2ccc(C#N)cc2)CC1. The highest BCUT2D eigenvalue weighted by molar-refractivity contribution is 5.81. The Morgan fingerprint density at radius 2 is 1.88 bits per heavy atom. The molecule has 0 spiro atoms. The standard InChI is InChI=1S/C20H29N3O/c1-2-3-4-15-5-7-17(8-6-15)14-23-19(20(22)24)18-11-9-16(13-21)10-12-18/h9-12,15,17,19,23H,2-8,14H2,1H3,(H2,22,24). The molecule has 4 nitrogen and oxygen atoms in total. The Morgan fingerprint density at radius 3 is 2.42 bits per heavy atom. The summed E-state index contributed by atoms with van der Waals surface area (Å²) in [7, 11) is 0. The van der Waals surface area contributed by atoms with Crippen LogP contribution in [0.25, 0.3) is 0 Å². The fourth-order valence-corrected chi connectivity index (χ4v) is 3.63. The summed E-state index contributed by atoms with van der Waals surface area (Å²) >= 11 is 0. The predicted molar refractivity (Wildman–Crippen MR) is 96.1 cm³/mol. The molecule has 1 aromatic rings. The number of hydrogen-bond acceptors (Lipinski definition) is 3. The van der Waals surface area contributed by atoms with Crippen molar-refractivity contribution in [3.63, 3.8) is 0 Å². The number of nitriles is 1. The molecule has 4 heteroatoms. The molecule has 3 N–H and O–H groups in total. The van der Waals surface area contributed by atoms with Gasteiger partial charge < -0.3 is 11.1 Å². The zero-order valence-corrected chi connectivity index (χ0v) is 14.6. The van der Waals surface area contributed by atoms with Crippen LogP contribution in [0.2, 0.25) is 0 Å². The number of benzene rings is 1. The van der Waals surface area contributed by atoms with E-state index in [0.29, 0.717) is 11.5 Å². The largest absolute Gasteiger partial charge is 0.368 e. The molecule has 1 aromatic carbocycles. The molecule has 0 aliphatic heterocycles. The van der Waals surface area contributed by atoms with E-state index < -0.39 is 6.04 Å². The highest BCUT2D eigenvalue weighted by Gasteiger charge is 2.23. The Balaban J connectivity index is 1.84. The predicted octanol–water partition coefficient (Wildman–Crippen LogP) is 3.67. The van der Waals surface area contributed by atoms with E-state index in [2.05, 4.69) is 18.3 Å². The van der Waals surface area contributed by atoms with Crippen LogP contribution in [0, 0.1) is 23.2 Å². The van der Waals surface area contributed by atoms with E-state index in [-0.39, 0.29) is 5.91 Å². The Bertz CT molecular complexity index is 553. The third kappa shape index (κ3) is 5.35. The van der Waals surface area contributed by atoms with Crippen molar-refractivity contribution in [2.45, 2.75) is 57.9 Å². The minimum Gasteiger partial charge on any atom is -0.368 e. The van der Waals surface area contributed by atoms with Crippen LogP contribution in [-0.2, 0) is 4.79 Å². The van der Waals surface area contributed by atoms with Gasteiger partial charge in [0.15, 0.2) is 0 Å². The summed E-state index contributed by atoms with van der Waals surface area (Å²) in [4.78, 5) is 11.8. The van der Waals surface area contributed by atoms with E-state index in [1.54, 1.807) is 12.1 Å². The van der Waals surface area contributed by atoms with Crippen LogP contribution in [0.4, 0.5) is 0 Å². The number of carbonyl (C=O) groups excluding carboxylic acids is 1. The normalized spacial score (nSPS) is 21.8. The Morgan fingerprint density at radius 1 is 1.25 bits per heavy atom. The van der Waals surface area contributed by atoms with Gasteiger partial charge in [-0.2, -0.15) is 5.26 Å². The first kappa shape index (κ1) is 18.5. The van der Waals surface area contributed by atoms with Crippen molar-refractivity contribution in [2.24, 2.45) is 17.6 Å². The molecule has 1 unspecified atom stereocenters. The molecule has 24 heavy (non-hydrogen) atoms. The zero-order valence-electron chi connectivity index (χ0n) is 14.6. The van der Waals surface area contributed by atoms with Crippen LogP contribution < -0.4 is 11.1 Å². The summed E-state index contributed by atoms with van der Waals surface area (Å²) in [6.07, 6.45) is 9.09. The molecule has 0 radical (unpaired) electrons. The zero-order chi connectivity index (χ0) is 17.4. The van der Waals surface area contributed by atoms with Gasteiger partial charge in [0.25, 0.3) is 0 Å². The van der Waals surface area contributed by atoms with Gasteiger partial charge in [-0.15, -0.1) is 0 Å². The molecule has 1 aliphatic rings. The summed E-state index contributed by atoms with van der Waals surface area (Å²) in [5.41, 5.74) is 6.99. The van der Waals surface area contributed by atoms with Crippen molar-refractivity contribution in [1.29, 1.82) is 5.26 Å². The maximum absolute atomic E-state index is 11.8. The van der Waals surface area contributed by atoms with E-state index in [9.17, 15) is 4.79 Å². The molecule has 1 fully saturated rings. The quantitative estimate of drug-likeness (QED) is 0.764. The van der Waals surface area contributed by atoms with Crippen LogP contribution in [0.3, 0.4) is 0 Å². The second kappa shape index (κ2) is 9.44. The first-order chi connectivity index (χ1) is 11.6. The van der Waals surface area contributed by atoms with Crippen molar-refractivity contribution >= 4 is 5.91 Å². The van der Waals surface area contributed by atoms with Gasteiger partial charge in [-0.05, 0) is 48.9 Å². The van der Waals surface area contributed by atoms with E-state index in [4.69, 9.17) is 11.0 Å². The smallest absolute Gasteiger partial charge is 0.239 e. The van der Waals surface area contributed by atoms with Crippen LogP contribution in [0.5, 0.6) is 0 Å². The van der Waals surface area contributed by atoms with Crippen molar-refractivity contribution in [2.75, 3.05) is 6.54 Å². The fraction of sp³-hybridized carbons (Fsp3) is 0.600. The molecule has 0 saturated heterocycles. The van der Waals surface area contributed by atoms with Gasteiger partial charge in [-0.1, -0.05) is 51.2 Å². The summed E-state index contributed by atoms with van der Waals surface area (Å²) in [6.45, 7) is 3.08. The second-order valence-corrected chi connectivity index (χ2v) is 7.01. The minimum absolute atomic E-state index is 0.365. The van der Waals surface area contributed by atoms with Crippen LogP contribution in [-0.4, -0.2) is 12.5 Å². The summed E-state index contributed by atoms with van der Waals surface area (Å²) in [5.74, 6) is 1.16. The third-order valence-electron chi connectivity index (χ3n) is 5.20. The van der Waals surface area contributed by atoms with E-state index in [1.165, 1.54) is 44.9 Å². The topological polar surface area (TPSA) is 78.9 Å². The highest BCUT2D eigenvalue weighted by Crippen LogP contribution is 2.31. The number of carbonyl (C=O) groups is 1. The van der Waals surface area contributed by atoms with E-state index in [0.717, 1.165) is 18.0 Å². The number of nitrogens with one attached hydrogen (secondary N) is 1. The molecule has 1 amide bonds. The average Bonchev–Trinajstić information content (AvgIpc) is 2.61. The molecule has 1 saturated carbocycles.